The number of piperidine rings is 1. The maximum Gasteiger partial charge on any atom is 0.138 e. The van der Waals surface area contributed by atoms with E-state index in [1.807, 2.05) is 7.11 Å². The van der Waals surface area contributed by atoms with Gasteiger partial charge in [0, 0.05) is 35.5 Å². The summed E-state index contributed by atoms with van der Waals surface area (Å²) in [5.41, 5.74) is 6.99. The summed E-state index contributed by atoms with van der Waals surface area (Å²) in [6, 6.07) is 13.8. The topological polar surface area (TPSA) is 30.9 Å². The van der Waals surface area contributed by atoms with Crippen LogP contribution in [0.3, 0.4) is 0 Å². The molecular formula is C30H37NO3. The summed E-state index contributed by atoms with van der Waals surface area (Å²) in [4.78, 5) is 2.67. The molecule has 1 saturated heterocycles. The van der Waals surface area contributed by atoms with Gasteiger partial charge in [0.05, 0.1) is 13.2 Å². The first-order valence-electron chi connectivity index (χ1n) is 13.1. The number of likely N-dealkylation sites (N-methyl/N-ethyl adjacent to an activating group) is 1. The second-order valence-electron chi connectivity index (χ2n) is 11.8. The number of hydrogen-bond acceptors (Lipinski definition) is 4. The van der Waals surface area contributed by atoms with E-state index in [2.05, 4.69) is 62.2 Å². The van der Waals surface area contributed by atoms with Crippen molar-refractivity contribution in [2.75, 3.05) is 27.3 Å². The van der Waals surface area contributed by atoms with Gasteiger partial charge in [0.2, 0.25) is 0 Å². The number of aryl methyl sites for hydroxylation is 2. The largest absolute Gasteiger partial charge is 0.486 e. The van der Waals surface area contributed by atoms with Crippen molar-refractivity contribution in [3.05, 3.63) is 64.2 Å². The van der Waals surface area contributed by atoms with Gasteiger partial charge >= 0.3 is 0 Å². The SMILES string of the molecule is CO[C@]12CC[C@@]3(C[C@@H]1COCc1ccccc1C)[C@H]1Cc4ccc(C)c5c4[C@@]3(CCN1C)[C@H]2O5. The van der Waals surface area contributed by atoms with Crippen molar-refractivity contribution >= 4 is 0 Å². The third-order valence-electron chi connectivity index (χ3n) is 10.8. The van der Waals surface area contributed by atoms with Crippen LogP contribution in [0.5, 0.6) is 5.75 Å². The first-order valence-corrected chi connectivity index (χ1v) is 13.1. The van der Waals surface area contributed by atoms with E-state index in [-0.39, 0.29) is 22.5 Å². The first-order chi connectivity index (χ1) is 16.5. The highest BCUT2D eigenvalue weighted by atomic mass is 16.6. The average Bonchev–Trinajstić information content (AvgIpc) is 3.21. The summed E-state index contributed by atoms with van der Waals surface area (Å²) in [6.07, 6.45) is 5.89. The molecule has 0 radical (unpaired) electrons. The number of nitrogens with zero attached hydrogens (tertiary/aromatic N) is 1. The predicted octanol–water partition coefficient (Wildman–Crippen LogP) is 4.96. The number of likely N-dealkylation sites (tertiary alicyclic amines) is 1. The molecule has 180 valence electrons. The van der Waals surface area contributed by atoms with Crippen LogP contribution in [-0.2, 0) is 27.9 Å². The molecule has 4 nitrogen and oxygen atoms in total. The highest BCUT2D eigenvalue weighted by molar-refractivity contribution is 5.61. The Kier molecular flexibility index (Phi) is 4.46. The van der Waals surface area contributed by atoms with Crippen LogP contribution >= 0.6 is 0 Å². The molecule has 2 aromatic rings. The predicted molar refractivity (Wildman–Crippen MR) is 132 cm³/mol. The van der Waals surface area contributed by atoms with E-state index in [9.17, 15) is 0 Å². The minimum absolute atomic E-state index is 0.0832. The highest BCUT2D eigenvalue weighted by Crippen LogP contribution is 2.76. The normalized spacial score (nSPS) is 39.1. The van der Waals surface area contributed by atoms with Crippen LogP contribution in [0.1, 0.15) is 53.5 Å². The standard InChI is InChI=1S/C30H37NO3/c1-19-7-5-6-8-22(19)17-33-18-23-16-28-11-12-30(23,32-4)27-29(28)13-14-31(3)24(28)15-21-10-9-20(2)26(34-27)25(21)29/h5-10,23-24,27H,11-18H2,1-4H3/t23-,24-,27-,28-,29+,30-/m1/s1. The number of rotatable bonds is 5. The number of ether oxygens (including phenoxy) is 3. The number of hydrogen-bond donors (Lipinski definition) is 0. The molecule has 4 heteroatoms. The Morgan fingerprint density at radius 3 is 2.74 bits per heavy atom. The minimum atomic E-state index is -0.284. The van der Waals surface area contributed by atoms with Gasteiger partial charge in [-0.05, 0) is 81.8 Å². The Bertz CT molecular complexity index is 1160. The molecule has 0 N–H and O–H groups in total. The number of methoxy groups -OCH3 is 1. The maximum absolute atomic E-state index is 7.08. The van der Waals surface area contributed by atoms with E-state index in [1.165, 1.54) is 47.3 Å². The molecule has 2 aliphatic heterocycles. The summed E-state index contributed by atoms with van der Waals surface area (Å²) in [7, 11) is 4.28. The average molecular weight is 460 g/mol. The zero-order valence-electron chi connectivity index (χ0n) is 21.0. The van der Waals surface area contributed by atoms with Gasteiger partial charge < -0.3 is 19.1 Å². The Balaban J connectivity index is 1.31. The lowest BCUT2D eigenvalue weighted by Gasteiger charge is -2.73. The number of fused-ring (bicyclic) bond motifs is 2. The molecule has 4 aliphatic carbocycles. The van der Waals surface area contributed by atoms with Gasteiger partial charge in [0.15, 0.2) is 0 Å². The van der Waals surface area contributed by atoms with Crippen LogP contribution in [-0.4, -0.2) is 50.0 Å². The van der Waals surface area contributed by atoms with Crippen LogP contribution in [0.25, 0.3) is 0 Å². The van der Waals surface area contributed by atoms with Crippen molar-refractivity contribution < 1.29 is 14.2 Å². The zero-order valence-corrected chi connectivity index (χ0v) is 21.0. The third kappa shape index (κ3) is 2.36. The lowest BCUT2D eigenvalue weighted by Crippen LogP contribution is -2.81. The zero-order chi connectivity index (χ0) is 23.3. The van der Waals surface area contributed by atoms with Crippen molar-refractivity contribution in [2.24, 2.45) is 11.3 Å². The van der Waals surface area contributed by atoms with Gasteiger partial charge in [-0.2, -0.15) is 0 Å². The molecule has 0 unspecified atom stereocenters. The van der Waals surface area contributed by atoms with Gasteiger partial charge in [0.25, 0.3) is 0 Å². The van der Waals surface area contributed by atoms with Crippen LogP contribution in [0.2, 0.25) is 0 Å². The Hall–Kier alpha value is -1.88. The van der Waals surface area contributed by atoms with E-state index in [0.29, 0.717) is 18.6 Å². The summed E-state index contributed by atoms with van der Waals surface area (Å²) >= 11 is 0. The molecule has 2 spiro atoms. The molecule has 8 rings (SSSR count). The van der Waals surface area contributed by atoms with Gasteiger partial charge in [-0.25, -0.2) is 0 Å². The molecular weight excluding hydrogens is 422 g/mol. The van der Waals surface area contributed by atoms with E-state index < -0.39 is 0 Å². The molecule has 2 heterocycles. The van der Waals surface area contributed by atoms with Crippen LogP contribution in [0, 0.1) is 25.2 Å². The molecule has 6 atom stereocenters. The molecule has 34 heavy (non-hydrogen) atoms. The molecule has 2 aromatic carbocycles. The summed E-state index contributed by atoms with van der Waals surface area (Å²) < 4.78 is 20.1. The lowest BCUT2D eigenvalue weighted by atomic mass is 9.35. The number of benzene rings is 2. The van der Waals surface area contributed by atoms with Crippen molar-refractivity contribution in [3.8, 4) is 5.75 Å². The maximum atomic E-state index is 7.08. The van der Waals surface area contributed by atoms with E-state index in [4.69, 9.17) is 14.2 Å². The monoisotopic (exact) mass is 459 g/mol. The van der Waals surface area contributed by atoms with Gasteiger partial charge in [-0.3, -0.25) is 0 Å². The van der Waals surface area contributed by atoms with Crippen molar-refractivity contribution in [1.29, 1.82) is 0 Å². The summed E-state index contributed by atoms with van der Waals surface area (Å²) in [5, 5.41) is 0. The van der Waals surface area contributed by atoms with Gasteiger partial charge in [0.1, 0.15) is 17.5 Å². The Morgan fingerprint density at radius 2 is 1.91 bits per heavy atom. The summed E-state index contributed by atoms with van der Waals surface area (Å²) in [6.45, 7) is 6.94. The summed E-state index contributed by atoms with van der Waals surface area (Å²) in [5.74, 6) is 1.53. The quantitative estimate of drug-likeness (QED) is 0.632. The highest BCUT2D eigenvalue weighted by Gasteiger charge is 2.80. The lowest BCUT2D eigenvalue weighted by molar-refractivity contribution is -0.282. The third-order valence-corrected chi connectivity index (χ3v) is 10.8. The Labute approximate surface area is 203 Å². The van der Waals surface area contributed by atoms with Crippen LogP contribution in [0.15, 0.2) is 36.4 Å². The van der Waals surface area contributed by atoms with E-state index in [0.717, 1.165) is 26.0 Å². The molecule has 0 aromatic heterocycles. The fourth-order valence-electron chi connectivity index (χ4n) is 9.26. The molecule has 3 saturated carbocycles. The van der Waals surface area contributed by atoms with Crippen molar-refractivity contribution in [2.45, 2.75) is 75.7 Å². The fourth-order valence-corrected chi connectivity index (χ4v) is 9.26. The minimum Gasteiger partial charge on any atom is -0.486 e. The molecule has 0 amide bonds. The Morgan fingerprint density at radius 1 is 1.06 bits per heavy atom. The molecule has 4 bridgehead atoms. The second-order valence-corrected chi connectivity index (χ2v) is 11.8. The van der Waals surface area contributed by atoms with E-state index >= 15 is 0 Å². The fraction of sp³-hybridized carbons (Fsp3) is 0.600. The van der Waals surface area contributed by atoms with Crippen molar-refractivity contribution in [3.63, 3.8) is 0 Å². The smallest absolute Gasteiger partial charge is 0.138 e. The first kappa shape index (κ1) is 21.4. The van der Waals surface area contributed by atoms with Crippen LogP contribution in [0.4, 0.5) is 0 Å². The van der Waals surface area contributed by atoms with Gasteiger partial charge in [-0.15, -0.1) is 0 Å². The van der Waals surface area contributed by atoms with Crippen LogP contribution < -0.4 is 4.74 Å². The molecule has 6 aliphatic rings. The van der Waals surface area contributed by atoms with Crippen molar-refractivity contribution in [1.82, 2.24) is 4.90 Å². The molecule has 4 fully saturated rings. The van der Waals surface area contributed by atoms with Gasteiger partial charge in [-0.1, -0.05) is 36.4 Å². The van der Waals surface area contributed by atoms with E-state index in [1.54, 1.807) is 5.56 Å². The second kappa shape index (κ2) is 7.09.